The third-order valence-corrected chi connectivity index (χ3v) is 2.93. The minimum Gasteiger partial charge on any atom is -0.357 e. The Morgan fingerprint density at radius 1 is 1.24 bits per heavy atom. The average Bonchev–Trinajstić information content (AvgIpc) is 2.88. The molecule has 6 nitrogen and oxygen atoms in total. The number of pyridine rings is 1. The normalized spacial score (nSPS) is 11.2. The predicted octanol–water partition coefficient (Wildman–Crippen LogP) is 2.20. The maximum absolute atomic E-state index is 4.55. The number of hydrogen-bond acceptors (Lipinski definition) is 3. The lowest BCUT2D eigenvalue weighted by molar-refractivity contribution is 0.727. The molecular formula is C14H23IN6. The Morgan fingerprint density at radius 2 is 2.10 bits per heavy atom. The highest BCUT2D eigenvalue weighted by Crippen LogP contribution is 2.03. The van der Waals surface area contributed by atoms with Crippen LogP contribution in [0.15, 0.2) is 29.4 Å². The van der Waals surface area contributed by atoms with Crippen LogP contribution in [0.3, 0.4) is 0 Å². The van der Waals surface area contributed by atoms with Gasteiger partial charge in [0.25, 0.3) is 0 Å². The molecule has 0 radical (unpaired) electrons. The summed E-state index contributed by atoms with van der Waals surface area (Å²) in [6.45, 7) is 6.52. The van der Waals surface area contributed by atoms with Gasteiger partial charge in [-0.1, -0.05) is 19.4 Å². The van der Waals surface area contributed by atoms with E-state index in [4.69, 9.17) is 0 Å². The van der Waals surface area contributed by atoms with Gasteiger partial charge in [0, 0.05) is 19.3 Å². The molecule has 0 saturated heterocycles. The molecule has 0 saturated carbocycles. The van der Waals surface area contributed by atoms with Gasteiger partial charge >= 0.3 is 0 Å². The number of halogens is 1. The van der Waals surface area contributed by atoms with Gasteiger partial charge in [0.2, 0.25) is 0 Å². The van der Waals surface area contributed by atoms with Gasteiger partial charge in [-0.05, 0) is 25.5 Å². The fourth-order valence-electron chi connectivity index (χ4n) is 1.87. The number of aliphatic imine (C=N–C) groups is 1. The Bertz CT molecular complexity index is 565. The number of unbranched alkanes of at least 4 members (excludes halogenated alkanes) is 1. The van der Waals surface area contributed by atoms with Crippen molar-refractivity contribution in [3.05, 3.63) is 30.2 Å². The lowest BCUT2D eigenvalue weighted by Gasteiger charge is -2.10. The molecule has 0 aliphatic heterocycles. The molecule has 0 aliphatic rings. The van der Waals surface area contributed by atoms with Crippen LogP contribution < -0.4 is 10.6 Å². The zero-order valence-electron chi connectivity index (χ0n) is 12.5. The summed E-state index contributed by atoms with van der Waals surface area (Å²) in [4.78, 5) is 4.55. The molecule has 2 aromatic heterocycles. The SMILES string of the molecule is CCCCNC(=NCc1nnc2ccccn12)NCC.I. The average molecular weight is 402 g/mol. The van der Waals surface area contributed by atoms with E-state index in [0.29, 0.717) is 6.54 Å². The number of aromatic nitrogens is 3. The summed E-state index contributed by atoms with van der Waals surface area (Å²) >= 11 is 0. The molecule has 0 spiro atoms. The first-order chi connectivity index (χ1) is 9.85. The van der Waals surface area contributed by atoms with Crippen molar-refractivity contribution in [3.63, 3.8) is 0 Å². The number of nitrogens with zero attached hydrogens (tertiary/aromatic N) is 4. The van der Waals surface area contributed by atoms with Gasteiger partial charge in [-0.3, -0.25) is 4.40 Å². The Labute approximate surface area is 142 Å². The van der Waals surface area contributed by atoms with Gasteiger partial charge in [0.1, 0.15) is 6.54 Å². The molecular weight excluding hydrogens is 379 g/mol. The minimum atomic E-state index is 0. The van der Waals surface area contributed by atoms with Crippen LogP contribution >= 0.6 is 24.0 Å². The van der Waals surface area contributed by atoms with E-state index in [1.807, 2.05) is 28.8 Å². The van der Waals surface area contributed by atoms with Crippen molar-refractivity contribution >= 4 is 35.6 Å². The third kappa shape index (κ3) is 5.14. The largest absolute Gasteiger partial charge is 0.357 e. The fourth-order valence-corrected chi connectivity index (χ4v) is 1.87. The fraction of sp³-hybridized carbons (Fsp3) is 0.500. The molecule has 2 aromatic rings. The van der Waals surface area contributed by atoms with Crippen LogP contribution in [-0.4, -0.2) is 33.6 Å². The summed E-state index contributed by atoms with van der Waals surface area (Å²) < 4.78 is 1.96. The maximum Gasteiger partial charge on any atom is 0.191 e. The second kappa shape index (κ2) is 9.54. The number of guanidine groups is 1. The summed E-state index contributed by atoms with van der Waals surface area (Å²) in [6.07, 6.45) is 4.26. The number of rotatable bonds is 6. The topological polar surface area (TPSA) is 66.6 Å². The van der Waals surface area contributed by atoms with Crippen LogP contribution in [0.2, 0.25) is 0 Å². The molecule has 21 heavy (non-hydrogen) atoms. The number of hydrogen-bond donors (Lipinski definition) is 2. The second-order valence-corrected chi connectivity index (χ2v) is 4.52. The highest BCUT2D eigenvalue weighted by Gasteiger charge is 2.04. The van der Waals surface area contributed by atoms with E-state index in [-0.39, 0.29) is 24.0 Å². The Kier molecular flexibility index (Phi) is 8.03. The van der Waals surface area contributed by atoms with Crippen molar-refractivity contribution < 1.29 is 0 Å². The Morgan fingerprint density at radius 3 is 2.86 bits per heavy atom. The van der Waals surface area contributed by atoms with Gasteiger partial charge in [0.15, 0.2) is 17.4 Å². The van der Waals surface area contributed by atoms with Crippen molar-refractivity contribution in [3.8, 4) is 0 Å². The van der Waals surface area contributed by atoms with E-state index in [0.717, 1.165) is 36.9 Å². The van der Waals surface area contributed by atoms with Crippen LogP contribution in [0.5, 0.6) is 0 Å². The van der Waals surface area contributed by atoms with Crippen molar-refractivity contribution in [2.75, 3.05) is 13.1 Å². The van der Waals surface area contributed by atoms with Gasteiger partial charge in [-0.2, -0.15) is 0 Å². The first-order valence-corrected chi connectivity index (χ1v) is 7.16. The minimum absolute atomic E-state index is 0. The first-order valence-electron chi connectivity index (χ1n) is 7.16. The molecule has 0 bridgehead atoms. The van der Waals surface area contributed by atoms with E-state index in [1.165, 1.54) is 6.42 Å². The monoisotopic (exact) mass is 402 g/mol. The maximum atomic E-state index is 4.55. The van der Waals surface area contributed by atoms with Gasteiger partial charge in [0.05, 0.1) is 0 Å². The first kappa shape index (κ1) is 17.7. The zero-order chi connectivity index (χ0) is 14.2. The molecule has 2 rings (SSSR count). The summed E-state index contributed by atoms with van der Waals surface area (Å²) in [5.41, 5.74) is 0.849. The summed E-state index contributed by atoms with van der Waals surface area (Å²) in [5, 5.41) is 14.8. The Hall–Kier alpha value is -1.38. The van der Waals surface area contributed by atoms with E-state index < -0.39 is 0 Å². The van der Waals surface area contributed by atoms with Crippen LogP contribution in [0, 0.1) is 0 Å². The molecule has 0 unspecified atom stereocenters. The van der Waals surface area contributed by atoms with E-state index in [9.17, 15) is 0 Å². The molecule has 0 amide bonds. The van der Waals surface area contributed by atoms with Crippen molar-refractivity contribution in [1.82, 2.24) is 25.2 Å². The van der Waals surface area contributed by atoms with Gasteiger partial charge < -0.3 is 10.6 Å². The van der Waals surface area contributed by atoms with Crippen LogP contribution in [0.25, 0.3) is 5.65 Å². The smallest absolute Gasteiger partial charge is 0.191 e. The Balaban J connectivity index is 0.00000220. The molecule has 2 N–H and O–H groups in total. The lowest BCUT2D eigenvalue weighted by Crippen LogP contribution is -2.37. The molecule has 0 aliphatic carbocycles. The number of fused-ring (bicyclic) bond motifs is 1. The van der Waals surface area contributed by atoms with Crippen LogP contribution in [0.4, 0.5) is 0 Å². The molecule has 7 heteroatoms. The second-order valence-electron chi connectivity index (χ2n) is 4.52. The standard InChI is InChI=1S/C14H22N6.HI/c1-3-5-9-16-14(15-4-2)17-11-13-19-18-12-8-6-7-10-20(12)13;/h6-8,10H,3-5,9,11H2,1-2H3,(H2,15,16,17);1H. The highest BCUT2D eigenvalue weighted by atomic mass is 127. The highest BCUT2D eigenvalue weighted by molar-refractivity contribution is 14.0. The summed E-state index contributed by atoms with van der Waals surface area (Å²) in [5.74, 6) is 1.67. The zero-order valence-corrected chi connectivity index (χ0v) is 14.9. The van der Waals surface area contributed by atoms with Crippen molar-refractivity contribution in [2.24, 2.45) is 4.99 Å². The summed E-state index contributed by atoms with van der Waals surface area (Å²) in [6, 6.07) is 5.85. The predicted molar refractivity (Wildman–Crippen MR) is 96.1 cm³/mol. The molecule has 0 atom stereocenters. The van der Waals surface area contributed by atoms with Crippen LogP contribution in [-0.2, 0) is 6.54 Å². The van der Waals surface area contributed by atoms with E-state index in [1.54, 1.807) is 0 Å². The van der Waals surface area contributed by atoms with Gasteiger partial charge in [-0.25, -0.2) is 4.99 Å². The molecule has 116 valence electrons. The molecule has 2 heterocycles. The quantitative estimate of drug-likeness (QED) is 0.337. The number of nitrogens with one attached hydrogen (secondary N) is 2. The van der Waals surface area contributed by atoms with E-state index >= 15 is 0 Å². The summed E-state index contributed by atoms with van der Waals surface area (Å²) in [7, 11) is 0. The lowest BCUT2D eigenvalue weighted by atomic mass is 10.3. The van der Waals surface area contributed by atoms with Crippen molar-refractivity contribution in [1.29, 1.82) is 0 Å². The third-order valence-electron chi connectivity index (χ3n) is 2.93. The molecule has 0 aromatic carbocycles. The van der Waals surface area contributed by atoms with Crippen LogP contribution in [0.1, 0.15) is 32.5 Å². The van der Waals surface area contributed by atoms with Crippen molar-refractivity contribution in [2.45, 2.75) is 33.2 Å². The molecule has 0 fully saturated rings. The van der Waals surface area contributed by atoms with Gasteiger partial charge in [-0.15, -0.1) is 34.2 Å². The van der Waals surface area contributed by atoms with E-state index in [2.05, 4.69) is 39.7 Å².